The summed E-state index contributed by atoms with van der Waals surface area (Å²) in [6.07, 6.45) is -0.666. The first kappa shape index (κ1) is 7.79. The maximum Gasteiger partial charge on any atom is 0.175 e. The summed E-state index contributed by atoms with van der Waals surface area (Å²) in [4.78, 5) is 1.40. The number of hydrogen-bond donors (Lipinski definition) is 0. The van der Waals surface area contributed by atoms with Gasteiger partial charge < -0.3 is 4.90 Å². The zero-order chi connectivity index (χ0) is 20.0. The summed E-state index contributed by atoms with van der Waals surface area (Å²) in [7, 11) is -3.37. The number of piperidine rings is 1. The minimum atomic E-state index is -3.37. The fourth-order valence-corrected chi connectivity index (χ4v) is 3.10. The second-order valence-corrected chi connectivity index (χ2v) is 6.88. The van der Waals surface area contributed by atoms with Gasteiger partial charge in [0.25, 0.3) is 0 Å². The van der Waals surface area contributed by atoms with Crippen LogP contribution < -0.4 is 0 Å². The van der Waals surface area contributed by atoms with Crippen molar-refractivity contribution in [3.05, 3.63) is 29.8 Å². The van der Waals surface area contributed by atoms with Crippen LogP contribution in [0.25, 0.3) is 0 Å². The molecule has 0 amide bonds. The topological polar surface area (TPSA) is 37.4 Å². The van der Waals surface area contributed by atoms with Gasteiger partial charge in [0.1, 0.15) is 0 Å². The first-order chi connectivity index (χ1) is 11.7. The van der Waals surface area contributed by atoms with Gasteiger partial charge in [-0.05, 0) is 55.9 Å². The first-order valence-electron chi connectivity index (χ1n) is 9.73. The fraction of sp³-hybridized carbons (Fsp3) is 0.600. The molecule has 1 atom stereocenters. The summed E-state index contributed by atoms with van der Waals surface area (Å²) < 4.78 is 77.4. The van der Waals surface area contributed by atoms with E-state index in [1.807, 2.05) is 0 Å². The van der Waals surface area contributed by atoms with Crippen molar-refractivity contribution < 1.29 is 18.0 Å². The molecule has 0 spiro atoms. The van der Waals surface area contributed by atoms with Gasteiger partial charge >= 0.3 is 0 Å². The van der Waals surface area contributed by atoms with Gasteiger partial charge in [-0.25, -0.2) is 8.42 Å². The monoisotopic (exact) mass is 288 g/mol. The molecule has 0 aliphatic carbocycles. The van der Waals surface area contributed by atoms with E-state index in [-0.39, 0.29) is 23.9 Å². The molecular formula is C15H23NO2S. The van der Waals surface area contributed by atoms with Crippen molar-refractivity contribution in [2.45, 2.75) is 36.9 Å². The van der Waals surface area contributed by atoms with Crippen LogP contribution in [0.5, 0.6) is 0 Å². The Labute approximate surface area is 126 Å². The van der Waals surface area contributed by atoms with Crippen LogP contribution >= 0.6 is 0 Å². The van der Waals surface area contributed by atoms with Gasteiger partial charge in [-0.3, -0.25) is 0 Å². The molecule has 4 heteroatoms. The first-order valence-corrected chi connectivity index (χ1v) is 8.12. The highest BCUT2D eigenvalue weighted by molar-refractivity contribution is 7.90. The largest absolute Gasteiger partial charge is 0.303 e. The minimum absolute atomic E-state index is 0.121. The van der Waals surface area contributed by atoms with Crippen molar-refractivity contribution in [1.82, 2.24) is 4.90 Å². The zero-order valence-electron chi connectivity index (χ0n) is 17.9. The smallest absolute Gasteiger partial charge is 0.175 e. The Bertz CT molecular complexity index is 762. The van der Waals surface area contributed by atoms with E-state index in [0.717, 1.165) is 11.8 Å². The van der Waals surface area contributed by atoms with E-state index in [0.29, 0.717) is 12.8 Å². The van der Waals surface area contributed by atoms with E-state index in [1.165, 1.54) is 11.0 Å². The lowest BCUT2D eigenvalue weighted by Gasteiger charge is -2.32. The Morgan fingerprint density at radius 3 is 3.11 bits per heavy atom. The standard InChI is InChI=1S/C15H23NO2S/c1-3-9-16-10-5-7-14(12-16)13-6-4-8-15(11-13)19(2,17)18/h4,6,8,11,14H,3,5,7,9-10,12H2,1-2H3/i1D3,3D2,9D2. The van der Waals surface area contributed by atoms with Crippen LogP contribution in [0.15, 0.2) is 29.2 Å². The quantitative estimate of drug-likeness (QED) is 0.855. The maximum atomic E-state index is 11.8. The lowest BCUT2D eigenvalue weighted by atomic mass is 9.90. The Balaban J connectivity index is 2.30. The Kier molecular flexibility index (Phi) is 2.48. The maximum absolute atomic E-state index is 11.8. The molecule has 19 heavy (non-hydrogen) atoms. The van der Waals surface area contributed by atoms with Crippen LogP contribution in [0.1, 0.15) is 47.1 Å². The van der Waals surface area contributed by atoms with Crippen LogP contribution in [0.2, 0.25) is 0 Å². The molecular weight excluding hydrogens is 258 g/mol. The zero-order valence-corrected chi connectivity index (χ0v) is 11.7. The minimum Gasteiger partial charge on any atom is -0.303 e. The molecule has 0 saturated carbocycles. The molecule has 1 saturated heterocycles. The molecule has 0 radical (unpaired) electrons. The molecule has 0 N–H and O–H groups in total. The molecule has 3 nitrogen and oxygen atoms in total. The second-order valence-electron chi connectivity index (χ2n) is 4.87. The average Bonchev–Trinajstić information content (AvgIpc) is 2.53. The van der Waals surface area contributed by atoms with E-state index in [9.17, 15) is 8.42 Å². The molecule has 106 valence electrons. The molecule has 1 aromatic carbocycles. The van der Waals surface area contributed by atoms with Crippen molar-refractivity contribution in [3.8, 4) is 0 Å². The molecule has 1 fully saturated rings. The van der Waals surface area contributed by atoms with Crippen LogP contribution in [0, 0.1) is 0 Å². The normalized spacial score (nSPS) is 29.1. The van der Waals surface area contributed by atoms with Crippen molar-refractivity contribution in [2.75, 3.05) is 25.8 Å². The van der Waals surface area contributed by atoms with Crippen molar-refractivity contribution in [1.29, 1.82) is 0 Å². The van der Waals surface area contributed by atoms with Crippen LogP contribution in [0.4, 0.5) is 0 Å². The molecule has 0 bridgehead atoms. The van der Waals surface area contributed by atoms with Gasteiger partial charge in [0.15, 0.2) is 9.84 Å². The van der Waals surface area contributed by atoms with E-state index >= 15 is 0 Å². The third-order valence-corrected chi connectivity index (χ3v) is 4.50. The second kappa shape index (κ2) is 6.06. The molecule has 1 aliphatic heterocycles. The Hall–Kier alpha value is -0.870. The van der Waals surface area contributed by atoms with Gasteiger partial charge in [-0.15, -0.1) is 0 Å². The summed E-state index contributed by atoms with van der Waals surface area (Å²) in [5.74, 6) is -0.201. The molecule has 1 heterocycles. The summed E-state index contributed by atoms with van der Waals surface area (Å²) in [6.45, 7) is -5.41. The molecule has 1 aromatic rings. The summed E-state index contributed by atoms with van der Waals surface area (Å²) in [6, 6.07) is 6.43. The Morgan fingerprint density at radius 2 is 2.37 bits per heavy atom. The molecule has 1 aliphatic rings. The van der Waals surface area contributed by atoms with Gasteiger partial charge in [0.05, 0.1) is 4.90 Å². The highest BCUT2D eigenvalue weighted by atomic mass is 32.2. The molecule has 2 rings (SSSR count). The number of nitrogens with zero attached hydrogens (tertiary/aromatic N) is 1. The summed E-state index contributed by atoms with van der Waals surface area (Å²) in [5.41, 5.74) is 0.725. The van der Waals surface area contributed by atoms with Crippen LogP contribution in [0.3, 0.4) is 0 Å². The van der Waals surface area contributed by atoms with E-state index in [1.54, 1.807) is 18.2 Å². The number of likely N-dealkylation sites (tertiary alicyclic amines) is 1. The summed E-state index contributed by atoms with van der Waals surface area (Å²) in [5, 5.41) is 0. The predicted molar refractivity (Wildman–Crippen MR) is 78.3 cm³/mol. The highest BCUT2D eigenvalue weighted by Crippen LogP contribution is 2.28. The van der Waals surface area contributed by atoms with E-state index in [2.05, 4.69) is 0 Å². The average molecular weight is 288 g/mol. The van der Waals surface area contributed by atoms with Gasteiger partial charge in [-0.1, -0.05) is 19.0 Å². The predicted octanol–water partition coefficient (Wildman–Crippen LogP) is 2.68. The van der Waals surface area contributed by atoms with Gasteiger partial charge in [-0.2, -0.15) is 0 Å². The lowest BCUT2D eigenvalue weighted by Crippen LogP contribution is -2.34. The van der Waals surface area contributed by atoms with Crippen molar-refractivity contribution >= 4 is 9.84 Å². The van der Waals surface area contributed by atoms with Crippen LogP contribution in [-0.2, 0) is 9.84 Å². The highest BCUT2D eigenvalue weighted by Gasteiger charge is 2.21. The third-order valence-electron chi connectivity index (χ3n) is 3.39. The Morgan fingerprint density at radius 1 is 1.53 bits per heavy atom. The number of rotatable bonds is 4. The molecule has 0 aromatic heterocycles. The van der Waals surface area contributed by atoms with Crippen molar-refractivity contribution in [2.24, 2.45) is 0 Å². The van der Waals surface area contributed by atoms with Gasteiger partial charge in [0, 0.05) is 22.4 Å². The fourth-order valence-electron chi connectivity index (χ4n) is 2.43. The van der Waals surface area contributed by atoms with Crippen LogP contribution in [-0.4, -0.2) is 39.2 Å². The number of sulfone groups is 1. The van der Waals surface area contributed by atoms with Gasteiger partial charge in [0.2, 0.25) is 0 Å². The summed E-state index contributed by atoms with van der Waals surface area (Å²) >= 11 is 0. The van der Waals surface area contributed by atoms with E-state index < -0.39 is 29.6 Å². The third kappa shape index (κ3) is 3.80. The number of hydrogen-bond acceptors (Lipinski definition) is 3. The van der Waals surface area contributed by atoms with E-state index in [4.69, 9.17) is 9.60 Å². The lowest BCUT2D eigenvalue weighted by molar-refractivity contribution is 0.208. The number of benzene rings is 1. The molecule has 1 unspecified atom stereocenters. The van der Waals surface area contributed by atoms with Crippen molar-refractivity contribution in [3.63, 3.8) is 0 Å². The SMILES string of the molecule is [2H]C([2H])([2H])C([2H])([2H])C([2H])([2H])N1CCCC(c2cccc(S(C)(=O)=O)c2)C1.